The second-order valence-electron chi connectivity index (χ2n) is 7.12. The van der Waals surface area contributed by atoms with Gasteiger partial charge in [0.15, 0.2) is 0 Å². The predicted molar refractivity (Wildman–Crippen MR) is 131 cm³/mol. The molecule has 150 valence electrons. The maximum atomic E-state index is 5.92. The topological polar surface area (TPSA) is 26.0 Å². The van der Waals surface area contributed by atoms with Gasteiger partial charge in [-0.2, -0.15) is 0 Å². The van der Waals surface area contributed by atoms with Crippen LogP contribution in [0.25, 0.3) is 0 Å². The Morgan fingerprint density at radius 3 is 1.39 bits per heavy atom. The summed E-state index contributed by atoms with van der Waals surface area (Å²) in [5, 5.41) is 4.45. The Hall–Kier alpha value is -1.37. The molecule has 0 heterocycles. The average molecular weight is 434 g/mol. The van der Waals surface area contributed by atoms with Crippen LogP contribution in [-0.2, 0) is 0 Å². The quantitative estimate of drug-likeness (QED) is 0.213. The van der Waals surface area contributed by atoms with Gasteiger partial charge in [0.25, 0.3) is 0 Å². The molecule has 0 bridgehead atoms. The van der Waals surface area contributed by atoms with E-state index < -0.39 is 7.26 Å². The van der Waals surface area contributed by atoms with Gasteiger partial charge in [0, 0.05) is 0 Å². The number of alkyl halides is 1. The Bertz CT molecular complexity index is 698. The standard InChI is InChI=1S/C24H29ClNP.ClH/c25-24(26)19-11-4-12-20-27(21-13-5-1-6-14-21,22-15-7-2-8-16-22)23-17-9-3-10-18-23;/h1-3,5-10,13-18,24,27H,4,11-12,19-20,26H2;1H. The minimum absolute atomic E-state index is 0. The van der Waals surface area contributed by atoms with E-state index >= 15 is 0 Å². The van der Waals surface area contributed by atoms with Gasteiger partial charge in [0.05, 0.1) is 0 Å². The average Bonchev–Trinajstić information content (AvgIpc) is 2.73. The number of hydrogen-bond donors (Lipinski definition) is 1. The van der Waals surface area contributed by atoms with Crippen molar-refractivity contribution in [2.45, 2.75) is 31.2 Å². The van der Waals surface area contributed by atoms with E-state index in [0.717, 1.165) is 12.8 Å². The van der Waals surface area contributed by atoms with Gasteiger partial charge in [0.2, 0.25) is 0 Å². The molecule has 3 rings (SSSR count). The molecular weight excluding hydrogens is 404 g/mol. The summed E-state index contributed by atoms with van der Waals surface area (Å²) in [6.07, 6.45) is 5.53. The first-order valence-corrected chi connectivity index (χ1v) is 12.4. The van der Waals surface area contributed by atoms with Crippen LogP contribution in [0.3, 0.4) is 0 Å². The first-order chi connectivity index (χ1) is 13.2. The fourth-order valence-corrected chi connectivity index (χ4v) is 9.09. The van der Waals surface area contributed by atoms with Crippen LogP contribution in [0, 0.1) is 0 Å². The van der Waals surface area contributed by atoms with Crippen LogP contribution in [0.2, 0.25) is 0 Å². The zero-order chi connectivity index (χ0) is 19.0. The van der Waals surface area contributed by atoms with E-state index in [-0.39, 0.29) is 17.9 Å². The summed E-state index contributed by atoms with van der Waals surface area (Å²) in [6.45, 7) is 0. The summed E-state index contributed by atoms with van der Waals surface area (Å²) in [7, 11) is -2.07. The summed E-state index contributed by atoms with van der Waals surface area (Å²) < 4.78 is 0. The molecule has 0 saturated carbocycles. The van der Waals surface area contributed by atoms with Crippen LogP contribution in [0.5, 0.6) is 0 Å². The van der Waals surface area contributed by atoms with Crippen LogP contribution in [0.4, 0.5) is 0 Å². The first kappa shape index (κ1) is 22.9. The number of hydrogen-bond acceptors (Lipinski definition) is 1. The van der Waals surface area contributed by atoms with Gasteiger partial charge in [-0.1, -0.05) is 0 Å². The van der Waals surface area contributed by atoms with E-state index in [4.69, 9.17) is 17.3 Å². The third kappa shape index (κ3) is 5.58. The Balaban J connectivity index is 0.00000280. The first-order valence-electron chi connectivity index (χ1n) is 9.80. The fraction of sp³-hybridized carbons (Fsp3) is 0.250. The van der Waals surface area contributed by atoms with Crippen molar-refractivity contribution in [3.8, 4) is 0 Å². The van der Waals surface area contributed by atoms with Gasteiger partial charge in [0.1, 0.15) is 0 Å². The number of unbranched alkanes of at least 4 members (excludes halogenated alkanes) is 2. The molecule has 0 fully saturated rings. The van der Waals surface area contributed by atoms with Crippen molar-refractivity contribution in [2.24, 2.45) is 5.73 Å². The van der Waals surface area contributed by atoms with Gasteiger partial charge >= 0.3 is 169 Å². The van der Waals surface area contributed by atoms with Crippen molar-refractivity contribution in [3.63, 3.8) is 0 Å². The Morgan fingerprint density at radius 1 is 0.643 bits per heavy atom. The molecule has 2 N–H and O–H groups in total. The molecule has 0 spiro atoms. The summed E-state index contributed by atoms with van der Waals surface area (Å²) in [5.41, 5.74) is 5.49. The minimum atomic E-state index is -2.07. The van der Waals surface area contributed by atoms with E-state index in [9.17, 15) is 0 Å². The van der Waals surface area contributed by atoms with Crippen molar-refractivity contribution in [3.05, 3.63) is 91.0 Å². The summed E-state index contributed by atoms with van der Waals surface area (Å²) in [5.74, 6) is 0. The molecule has 1 nitrogen and oxygen atoms in total. The third-order valence-electron chi connectivity index (χ3n) is 5.33. The van der Waals surface area contributed by atoms with Crippen molar-refractivity contribution in [2.75, 3.05) is 6.16 Å². The zero-order valence-corrected chi connectivity index (χ0v) is 18.7. The molecule has 3 aromatic rings. The molecule has 3 aromatic carbocycles. The fourth-order valence-electron chi connectivity index (χ4n) is 4.01. The second kappa shape index (κ2) is 11.6. The molecule has 28 heavy (non-hydrogen) atoms. The van der Waals surface area contributed by atoms with Gasteiger partial charge in [-0.15, -0.1) is 12.4 Å². The van der Waals surface area contributed by atoms with E-state index in [1.807, 2.05) is 0 Å². The zero-order valence-electron chi connectivity index (χ0n) is 16.1. The van der Waals surface area contributed by atoms with Crippen LogP contribution in [0.15, 0.2) is 91.0 Å². The SMILES string of the molecule is Cl.NC(Cl)CCCCC[PH](c1ccccc1)(c1ccccc1)c1ccccc1. The molecule has 0 aliphatic heterocycles. The molecule has 4 heteroatoms. The van der Waals surface area contributed by atoms with Crippen LogP contribution in [-0.4, -0.2) is 11.7 Å². The molecule has 1 atom stereocenters. The molecule has 1 unspecified atom stereocenters. The molecule has 0 aromatic heterocycles. The number of nitrogens with two attached hydrogens (primary N) is 1. The van der Waals surface area contributed by atoms with Crippen molar-refractivity contribution in [1.29, 1.82) is 0 Å². The van der Waals surface area contributed by atoms with E-state index in [1.54, 1.807) is 0 Å². The molecule has 0 aliphatic rings. The Labute approximate surface area is 181 Å². The van der Waals surface area contributed by atoms with Gasteiger partial charge in [-0.3, -0.25) is 0 Å². The molecule has 0 saturated heterocycles. The van der Waals surface area contributed by atoms with Crippen LogP contribution in [0.1, 0.15) is 25.7 Å². The number of halogens is 2. The van der Waals surface area contributed by atoms with E-state index in [0.29, 0.717) is 0 Å². The summed E-state index contributed by atoms with van der Waals surface area (Å²) >= 11 is 5.92. The van der Waals surface area contributed by atoms with E-state index in [1.165, 1.54) is 34.9 Å². The number of rotatable bonds is 9. The van der Waals surface area contributed by atoms with Crippen LogP contribution < -0.4 is 21.6 Å². The Kier molecular flexibility index (Phi) is 9.48. The van der Waals surface area contributed by atoms with Gasteiger partial charge in [-0.25, -0.2) is 0 Å². The second-order valence-corrected chi connectivity index (χ2v) is 11.7. The van der Waals surface area contributed by atoms with Crippen molar-refractivity contribution >= 4 is 47.2 Å². The van der Waals surface area contributed by atoms with Gasteiger partial charge in [-0.05, 0) is 0 Å². The summed E-state index contributed by atoms with van der Waals surface area (Å²) in [4.78, 5) is 0. The van der Waals surface area contributed by atoms with Gasteiger partial charge < -0.3 is 0 Å². The summed E-state index contributed by atoms with van der Waals surface area (Å²) in [6, 6.07) is 33.3. The monoisotopic (exact) mass is 433 g/mol. The van der Waals surface area contributed by atoms with E-state index in [2.05, 4.69) is 91.0 Å². The molecular formula is C24H30Cl2NP. The molecule has 0 radical (unpaired) electrons. The van der Waals surface area contributed by atoms with Crippen molar-refractivity contribution in [1.82, 2.24) is 0 Å². The van der Waals surface area contributed by atoms with Crippen LogP contribution >= 0.6 is 31.3 Å². The normalized spacial score (nSPS) is 12.8. The molecule has 0 aliphatic carbocycles. The Morgan fingerprint density at radius 2 is 1.04 bits per heavy atom. The van der Waals surface area contributed by atoms with Crippen molar-refractivity contribution < 1.29 is 0 Å². The number of benzene rings is 3. The third-order valence-corrected chi connectivity index (χ3v) is 10.6. The predicted octanol–water partition coefficient (Wildman–Crippen LogP) is 5.22. The maximum absolute atomic E-state index is 5.92. The molecule has 0 amide bonds.